The van der Waals surface area contributed by atoms with Crippen LogP contribution in [0.1, 0.15) is 30.4 Å². The Kier molecular flexibility index (Phi) is 3.73. The second-order valence-electron chi connectivity index (χ2n) is 6.39. The minimum Gasteiger partial charge on any atom is -0.466 e. The van der Waals surface area contributed by atoms with Crippen LogP contribution in [0.4, 0.5) is 0 Å². The number of rotatable bonds is 2. The monoisotopic (exact) mass is 355 g/mol. The third kappa shape index (κ3) is 2.48. The summed E-state index contributed by atoms with van der Waals surface area (Å²) in [6.45, 7) is 1.89. The molecule has 0 saturated heterocycles. The second kappa shape index (κ2) is 5.81. The van der Waals surface area contributed by atoms with Gasteiger partial charge in [-0.3, -0.25) is 0 Å². The van der Waals surface area contributed by atoms with Gasteiger partial charge in [0.15, 0.2) is 0 Å². The molecule has 0 radical (unpaired) electrons. The molecular weight excluding hydrogens is 338 g/mol. The summed E-state index contributed by atoms with van der Waals surface area (Å²) in [6, 6.07) is 15.4. The third-order valence-electron chi connectivity index (χ3n) is 4.93. The first-order valence-electron chi connectivity index (χ1n) is 8.15. The predicted octanol–water partition coefficient (Wildman–Crippen LogP) is 4.11. The maximum Gasteiger partial charge on any atom is 0.336 e. The van der Waals surface area contributed by atoms with E-state index in [1.807, 2.05) is 55.5 Å². The minimum absolute atomic E-state index is 0.0886. The molecule has 0 aliphatic carbocycles. The van der Waals surface area contributed by atoms with Crippen molar-refractivity contribution in [2.75, 3.05) is 7.11 Å². The molecule has 25 heavy (non-hydrogen) atoms. The van der Waals surface area contributed by atoms with E-state index in [9.17, 15) is 4.79 Å². The van der Waals surface area contributed by atoms with Crippen LogP contribution < -0.4 is 10.1 Å². The molecule has 0 unspecified atom stereocenters. The molecule has 128 valence electrons. The standard InChI is InChI=1S/C20H18ClNO3/c1-12-18(19(23)24-2)16-11-20(22-12,13-7-9-14(21)10-8-13)25-17-6-4-3-5-15(16)17/h3-10,16,22H,11H2,1-2H3/t16-,20-/m0/s1. The fourth-order valence-corrected chi connectivity index (χ4v) is 3.95. The number of halogens is 1. The third-order valence-corrected chi connectivity index (χ3v) is 5.18. The lowest BCUT2D eigenvalue weighted by Gasteiger charge is -2.47. The van der Waals surface area contributed by atoms with Crippen LogP contribution in [0.2, 0.25) is 5.02 Å². The Morgan fingerprint density at radius 3 is 2.68 bits per heavy atom. The summed E-state index contributed by atoms with van der Waals surface area (Å²) in [5, 5.41) is 4.09. The van der Waals surface area contributed by atoms with Crippen molar-refractivity contribution in [1.29, 1.82) is 0 Å². The first-order valence-corrected chi connectivity index (χ1v) is 8.53. The number of benzene rings is 2. The zero-order valence-electron chi connectivity index (χ0n) is 14.0. The Hall–Kier alpha value is -2.46. The van der Waals surface area contributed by atoms with Crippen LogP contribution in [-0.4, -0.2) is 13.1 Å². The predicted molar refractivity (Wildman–Crippen MR) is 95.4 cm³/mol. The van der Waals surface area contributed by atoms with Crippen molar-refractivity contribution >= 4 is 17.6 Å². The number of methoxy groups -OCH3 is 1. The SMILES string of the molecule is COC(=O)C1=C(C)N[C@@]2(c3ccc(Cl)cc3)C[C@H]1c1ccccc1O2. The molecule has 4 nitrogen and oxygen atoms in total. The number of carbonyl (C=O) groups excluding carboxylic acids is 1. The number of allylic oxidation sites excluding steroid dienone is 1. The topological polar surface area (TPSA) is 47.6 Å². The van der Waals surface area contributed by atoms with Gasteiger partial charge in [-0.15, -0.1) is 0 Å². The van der Waals surface area contributed by atoms with Gasteiger partial charge in [0.25, 0.3) is 0 Å². The van der Waals surface area contributed by atoms with Gasteiger partial charge in [-0.05, 0) is 25.1 Å². The fourth-order valence-electron chi connectivity index (χ4n) is 3.83. The number of hydrogen-bond donors (Lipinski definition) is 1. The average Bonchev–Trinajstić information content (AvgIpc) is 2.61. The zero-order valence-corrected chi connectivity index (χ0v) is 14.8. The van der Waals surface area contributed by atoms with Crippen LogP contribution in [0.3, 0.4) is 0 Å². The van der Waals surface area contributed by atoms with Crippen LogP contribution in [0, 0.1) is 0 Å². The lowest BCUT2D eigenvalue weighted by molar-refractivity contribution is -0.137. The van der Waals surface area contributed by atoms with Crippen molar-refractivity contribution in [2.45, 2.75) is 25.0 Å². The van der Waals surface area contributed by atoms with Crippen LogP contribution in [-0.2, 0) is 15.3 Å². The van der Waals surface area contributed by atoms with Crippen molar-refractivity contribution in [3.8, 4) is 5.75 Å². The maximum atomic E-state index is 12.4. The van der Waals surface area contributed by atoms with E-state index in [0.717, 1.165) is 22.6 Å². The Morgan fingerprint density at radius 1 is 1.24 bits per heavy atom. The van der Waals surface area contributed by atoms with Gasteiger partial charge >= 0.3 is 5.97 Å². The number of ether oxygens (including phenoxy) is 2. The molecule has 2 atom stereocenters. The summed E-state index contributed by atoms with van der Waals surface area (Å²) in [5.74, 6) is 0.376. The fraction of sp³-hybridized carbons (Fsp3) is 0.250. The van der Waals surface area contributed by atoms with Gasteiger partial charge in [-0.2, -0.15) is 0 Å². The minimum atomic E-state index is -0.731. The van der Waals surface area contributed by atoms with E-state index in [2.05, 4.69) is 5.32 Å². The Bertz CT molecular complexity index is 875. The number of nitrogens with one attached hydrogen (secondary N) is 1. The van der Waals surface area contributed by atoms with Crippen molar-refractivity contribution in [3.05, 3.63) is 76.0 Å². The highest BCUT2D eigenvalue weighted by molar-refractivity contribution is 6.30. The van der Waals surface area contributed by atoms with Crippen molar-refractivity contribution in [2.24, 2.45) is 0 Å². The molecule has 2 aromatic carbocycles. The summed E-state index contributed by atoms with van der Waals surface area (Å²) in [5.41, 5.74) is 2.67. The second-order valence-corrected chi connectivity index (χ2v) is 6.82. The van der Waals surface area contributed by atoms with Gasteiger partial charge in [0, 0.05) is 34.2 Å². The quantitative estimate of drug-likeness (QED) is 0.823. The number of fused-ring (bicyclic) bond motifs is 4. The molecule has 2 aromatic rings. The molecule has 0 spiro atoms. The van der Waals surface area contributed by atoms with Gasteiger partial charge in [0.05, 0.1) is 12.7 Å². The first kappa shape index (κ1) is 16.0. The van der Waals surface area contributed by atoms with Gasteiger partial charge in [0.2, 0.25) is 5.72 Å². The summed E-state index contributed by atoms with van der Waals surface area (Å²) >= 11 is 6.04. The molecule has 2 heterocycles. The molecule has 0 saturated carbocycles. The highest BCUT2D eigenvalue weighted by Crippen LogP contribution is 2.51. The molecular formula is C20H18ClNO3. The summed E-state index contributed by atoms with van der Waals surface area (Å²) < 4.78 is 11.4. The van der Waals surface area contributed by atoms with Crippen LogP contribution in [0.5, 0.6) is 5.75 Å². The van der Waals surface area contributed by atoms with E-state index in [1.54, 1.807) is 0 Å². The molecule has 0 fully saturated rings. The van der Waals surface area contributed by atoms with Gasteiger partial charge < -0.3 is 14.8 Å². The Morgan fingerprint density at radius 2 is 1.96 bits per heavy atom. The van der Waals surface area contributed by atoms with E-state index in [4.69, 9.17) is 21.1 Å². The van der Waals surface area contributed by atoms with Gasteiger partial charge in [0.1, 0.15) is 5.75 Å². The normalized spacial score (nSPS) is 24.0. The van der Waals surface area contributed by atoms with Crippen LogP contribution >= 0.6 is 11.6 Å². The maximum absolute atomic E-state index is 12.4. The number of hydrogen-bond acceptors (Lipinski definition) is 4. The van der Waals surface area contributed by atoms with Crippen molar-refractivity contribution < 1.29 is 14.3 Å². The molecule has 5 heteroatoms. The number of carbonyl (C=O) groups is 1. The molecule has 1 N–H and O–H groups in total. The lowest BCUT2D eigenvalue weighted by Crippen LogP contribution is -2.53. The molecule has 0 amide bonds. The van der Waals surface area contributed by atoms with E-state index < -0.39 is 5.72 Å². The smallest absolute Gasteiger partial charge is 0.336 e. The largest absolute Gasteiger partial charge is 0.466 e. The Balaban J connectivity index is 1.91. The number of para-hydroxylation sites is 1. The number of esters is 1. The van der Waals surface area contributed by atoms with Crippen molar-refractivity contribution in [3.63, 3.8) is 0 Å². The summed E-state index contributed by atoms with van der Waals surface area (Å²) in [4.78, 5) is 12.4. The molecule has 4 rings (SSSR count). The molecule has 2 aliphatic heterocycles. The molecule has 0 aromatic heterocycles. The van der Waals surface area contributed by atoms with Crippen LogP contribution in [0.25, 0.3) is 0 Å². The Labute approximate surface area is 151 Å². The van der Waals surface area contributed by atoms with Gasteiger partial charge in [-0.1, -0.05) is 41.9 Å². The molecule has 2 bridgehead atoms. The molecule has 2 aliphatic rings. The average molecular weight is 356 g/mol. The van der Waals surface area contributed by atoms with Crippen LogP contribution in [0.15, 0.2) is 59.8 Å². The van der Waals surface area contributed by atoms with E-state index in [0.29, 0.717) is 17.0 Å². The first-order chi connectivity index (χ1) is 12.0. The highest BCUT2D eigenvalue weighted by Gasteiger charge is 2.49. The zero-order chi connectivity index (χ0) is 17.6. The van der Waals surface area contributed by atoms with Gasteiger partial charge in [-0.25, -0.2) is 4.79 Å². The van der Waals surface area contributed by atoms with E-state index in [-0.39, 0.29) is 11.9 Å². The van der Waals surface area contributed by atoms with E-state index in [1.165, 1.54) is 7.11 Å². The van der Waals surface area contributed by atoms with Crippen molar-refractivity contribution in [1.82, 2.24) is 5.32 Å². The summed E-state index contributed by atoms with van der Waals surface area (Å²) in [6.07, 6.45) is 0.605. The summed E-state index contributed by atoms with van der Waals surface area (Å²) in [7, 11) is 1.41. The van der Waals surface area contributed by atoms with E-state index >= 15 is 0 Å². The highest BCUT2D eigenvalue weighted by atomic mass is 35.5. The lowest BCUT2D eigenvalue weighted by atomic mass is 9.76.